The van der Waals surface area contributed by atoms with Gasteiger partial charge < -0.3 is 10.2 Å². The fraction of sp³-hybridized carbons (Fsp3) is 0.500. The molecule has 0 radical (unpaired) electrons. The highest BCUT2D eigenvalue weighted by Crippen LogP contribution is 2.25. The molecule has 100 valence electrons. The van der Waals surface area contributed by atoms with Crippen LogP contribution in [0.3, 0.4) is 0 Å². The van der Waals surface area contributed by atoms with Crippen molar-refractivity contribution in [1.29, 1.82) is 0 Å². The number of aryl methyl sites for hydroxylation is 1. The number of carbonyl (C=O) groups is 1. The lowest BCUT2D eigenvalue weighted by Gasteiger charge is -2.17. The van der Waals surface area contributed by atoms with Crippen molar-refractivity contribution in [2.24, 2.45) is 0 Å². The van der Waals surface area contributed by atoms with Crippen molar-refractivity contribution < 1.29 is 4.79 Å². The number of benzene rings is 1. The van der Waals surface area contributed by atoms with Crippen LogP contribution in [0, 0.1) is 6.92 Å². The molecule has 4 heteroatoms. The minimum Gasteiger partial charge on any atom is -0.325 e. The number of nitrogens with one attached hydrogen (secondary N) is 1. The maximum atomic E-state index is 11.9. The SMILES string of the molecule is CCN(CC)CCC(=O)Nc1c(C)cccc1Cl. The molecule has 0 saturated carbocycles. The second-order valence-corrected chi connectivity index (χ2v) is 4.66. The van der Waals surface area contributed by atoms with E-state index in [0.29, 0.717) is 11.4 Å². The molecule has 0 saturated heterocycles. The number of para-hydroxylation sites is 1. The summed E-state index contributed by atoms with van der Waals surface area (Å²) in [7, 11) is 0. The van der Waals surface area contributed by atoms with Crippen LogP contribution in [0.4, 0.5) is 5.69 Å². The summed E-state index contributed by atoms with van der Waals surface area (Å²) < 4.78 is 0. The van der Waals surface area contributed by atoms with Crippen LogP contribution in [0.2, 0.25) is 5.02 Å². The maximum Gasteiger partial charge on any atom is 0.225 e. The lowest BCUT2D eigenvalue weighted by Crippen LogP contribution is -2.27. The van der Waals surface area contributed by atoms with Crippen LogP contribution in [0.5, 0.6) is 0 Å². The molecule has 1 rings (SSSR count). The van der Waals surface area contributed by atoms with Crippen molar-refractivity contribution in [1.82, 2.24) is 4.90 Å². The van der Waals surface area contributed by atoms with Crippen molar-refractivity contribution >= 4 is 23.2 Å². The van der Waals surface area contributed by atoms with E-state index in [1.54, 1.807) is 6.07 Å². The predicted molar refractivity (Wildman–Crippen MR) is 77.2 cm³/mol. The number of hydrogen-bond donors (Lipinski definition) is 1. The molecule has 0 fully saturated rings. The molecule has 0 aliphatic carbocycles. The number of carbonyl (C=O) groups excluding carboxylic acids is 1. The van der Waals surface area contributed by atoms with Gasteiger partial charge >= 0.3 is 0 Å². The van der Waals surface area contributed by atoms with Gasteiger partial charge in [0, 0.05) is 13.0 Å². The Bertz CT molecular complexity index is 383. The highest BCUT2D eigenvalue weighted by Gasteiger charge is 2.09. The Morgan fingerprint density at radius 3 is 2.56 bits per heavy atom. The molecule has 1 aromatic rings. The van der Waals surface area contributed by atoms with Gasteiger partial charge in [-0.05, 0) is 31.6 Å². The van der Waals surface area contributed by atoms with Gasteiger partial charge in [-0.3, -0.25) is 4.79 Å². The van der Waals surface area contributed by atoms with E-state index in [0.717, 1.165) is 30.9 Å². The molecule has 3 nitrogen and oxygen atoms in total. The van der Waals surface area contributed by atoms with Gasteiger partial charge in [-0.1, -0.05) is 37.6 Å². The van der Waals surface area contributed by atoms with Crippen LogP contribution in [-0.2, 0) is 4.79 Å². The van der Waals surface area contributed by atoms with Crippen LogP contribution in [0.15, 0.2) is 18.2 Å². The third kappa shape index (κ3) is 4.31. The summed E-state index contributed by atoms with van der Waals surface area (Å²) in [6.45, 7) is 8.84. The van der Waals surface area contributed by atoms with Gasteiger partial charge in [0.2, 0.25) is 5.91 Å². The monoisotopic (exact) mass is 268 g/mol. The first kappa shape index (κ1) is 15.0. The molecule has 0 aliphatic heterocycles. The lowest BCUT2D eigenvalue weighted by atomic mass is 10.2. The van der Waals surface area contributed by atoms with E-state index in [2.05, 4.69) is 24.1 Å². The van der Waals surface area contributed by atoms with Crippen LogP contribution in [-0.4, -0.2) is 30.4 Å². The summed E-state index contributed by atoms with van der Waals surface area (Å²) in [6.07, 6.45) is 0.492. The van der Waals surface area contributed by atoms with Gasteiger partial charge in [0.15, 0.2) is 0 Å². The van der Waals surface area contributed by atoms with Gasteiger partial charge in [-0.15, -0.1) is 0 Å². The lowest BCUT2D eigenvalue weighted by molar-refractivity contribution is -0.116. The Kier molecular flexibility index (Phi) is 6.16. The van der Waals surface area contributed by atoms with Crippen molar-refractivity contribution in [3.63, 3.8) is 0 Å². The minimum absolute atomic E-state index is 0.0121. The predicted octanol–water partition coefficient (Wildman–Crippen LogP) is 3.32. The summed E-state index contributed by atoms with van der Waals surface area (Å²) in [5.41, 5.74) is 1.71. The molecule has 0 bridgehead atoms. The molecule has 1 N–H and O–H groups in total. The number of anilines is 1. The van der Waals surface area contributed by atoms with Gasteiger partial charge in [0.1, 0.15) is 0 Å². The molecule has 1 amide bonds. The average molecular weight is 269 g/mol. The summed E-state index contributed by atoms with van der Waals surface area (Å²) >= 11 is 6.07. The Labute approximate surface area is 114 Å². The van der Waals surface area contributed by atoms with E-state index >= 15 is 0 Å². The standard InChI is InChI=1S/C14H21ClN2O/c1-4-17(5-2)10-9-13(18)16-14-11(3)7-6-8-12(14)15/h6-8H,4-5,9-10H2,1-3H3,(H,16,18). The number of amides is 1. The second-order valence-electron chi connectivity index (χ2n) is 4.26. The Hall–Kier alpha value is -1.06. The summed E-state index contributed by atoms with van der Waals surface area (Å²) in [4.78, 5) is 14.1. The van der Waals surface area contributed by atoms with Gasteiger partial charge in [-0.2, -0.15) is 0 Å². The van der Waals surface area contributed by atoms with E-state index in [-0.39, 0.29) is 5.91 Å². The smallest absolute Gasteiger partial charge is 0.225 e. The second kappa shape index (κ2) is 7.39. The summed E-state index contributed by atoms with van der Waals surface area (Å²) in [6, 6.07) is 5.60. The highest BCUT2D eigenvalue weighted by molar-refractivity contribution is 6.33. The maximum absolute atomic E-state index is 11.9. The number of hydrogen-bond acceptors (Lipinski definition) is 2. The molecule has 0 heterocycles. The number of halogens is 1. The van der Waals surface area contributed by atoms with Crippen LogP contribution >= 0.6 is 11.6 Å². The third-order valence-electron chi connectivity index (χ3n) is 3.04. The zero-order chi connectivity index (χ0) is 13.5. The van der Waals surface area contributed by atoms with Crippen LogP contribution < -0.4 is 5.32 Å². The molecule has 1 aromatic carbocycles. The van der Waals surface area contributed by atoms with Gasteiger partial charge in [0.05, 0.1) is 10.7 Å². The highest BCUT2D eigenvalue weighted by atomic mass is 35.5. The van der Waals surface area contributed by atoms with Crippen LogP contribution in [0.25, 0.3) is 0 Å². The van der Waals surface area contributed by atoms with Crippen molar-refractivity contribution in [3.05, 3.63) is 28.8 Å². The molecule has 0 spiro atoms. The first-order valence-corrected chi connectivity index (χ1v) is 6.73. The Balaban J connectivity index is 2.55. The molecule has 18 heavy (non-hydrogen) atoms. The van der Waals surface area contributed by atoms with E-state index in [1.165, 1.54) is 0 Å². The van der Waals surface area contributed by atoms with E-state index in [4.69, 9.17) is 11.6 Å². The average Bonchev–Trinajstić information content (AvgIpc) is 2.35. The largest absolute Gasteiger partial charge is 0.325 e. The number of nitrogens with zero attached hydrogens (tertiary/aromatic N) is 1. The molecule has 0 atom stereocenters. The molecule has 0 aliphatic rings. The first-order chi connectivity index (χ1) is 8.58. The van der Waals surface area contributed by atoms with E-state index in [1.807, 2.05) is 19.1 Å². The topological polar surface area (TPSA) is 32.3 Å². The van der Waals surface area contributed by atoms with Crippen molar-refractivity contribution in [2.75, 3.05) is 25.0 Å². The minimum atomic E-state index is 0.0121. The first-order valence-electron chi connectivity index (χ1n) is 6.35. The Morgan fingerprint density at radius 2 is 2.00 bits per heavy atom. The van der Waals surface area contributed by atoms with E-state index < -0.39 is 0 Å². The summed E-state index contributed by atoms with van der Waals surface area (Å²) in [5, 5.41) is 3.47. The van der Waals surface area contributed by atoms with Gasteiger partial charge in [-0.25, -0.2) is 0 Å². The fourth-order valence-corrected chi connectivity index (χ4v) is 2.06. The van der Waals surface area contributed by atoms with E-state index in [9.17, 15) is 4.79 Å². The molecule has 0 unspecified atom stereocenters. The summed E-state index contributed by atoms with van der Waals surface area (Å²) in [5.74, 6) is 0.0121. The third-order valence-corrected chi connectivity index (χ3v) is 3.35. The van der Waals surface area contributed by atoms with Crippen molar-refractivity contribution in [3.8, 4) is 0 Å². The van der Waals surface area contributed by atoms with Crippen molar-refractivity contribution in [2.45, 2.75) is 27.2 Å². The quantitative estimate of drug-likeness (QED) is 0.858. The molecule has 0 aromatic heterocycles. The molecular weight excluding hydrogens is 248 g/mol. The zero-order valence-electron chi connectivity index (χ0n) is 11.3. The molecular formula is C14H21ClN2O. The number of rotatable bonds is 6. The normalized spacial score (nSPS) is 10.7. The van der Waals surface area contributed by atoms with Gasteiger partial charge in [0.25, 0.3) is 0 Å². The van der Waals surface area contributed by atoms with Crippen LogP contribution in [0.1, 0.15) is 25.8 Å². The Morgan fingerprint density at radius 1 is 1.33 bits per heavy atom. The fourth-order valence-electron chi connectivity index (χ4n) is 1.79. The zero-order valence-corrected chi connectivity index (χ0v) is 12.0.